The summed E-state index contributed by atoms with van der Waals surface area (Å²) >= 11 is 0. The van der Waals surface area contributed by atoms with Crippen LogP contribution in [0.5, 0.6) is 5.75 Å². The minimum absolute atomic E-state index is 0.0574. The molecular weight excluding hydrogens is 210 g/mol. The first-order valence-electron chi connectivity index (χ1n) is 4.41. The van der Waals surface area contributed by atoms with E-state index in [1.165, 1.54) is 25.3 Å². The second-order valence-corrected chi connectivity index (χ2v) is 3.09. The zero-order chi connectivity index (χ0) is 11.7. The Morgan fingerprint density at radius 2 is 2.31 bits per heavy atom. The summed E-state index contributed by atoms with van der Waals surface area (Å²) in [6.07, 6.45) is 0. The number of hydrogen-bond acceptors (Lipinski definition) is 4. The molecular formula is C11H7NO4. The number of furan rings is 1. The summed E-state index contributed by atoms with van der Waals surface area (Å²) in [6.45, 7) is 0. The molecule has 0 aliphatic rings. The highest BCUT2D eigenvalue weighted by Crippen LogP contribution is 2.31. The molecule has 0 aliphatic carbocycles. The molecule has 5 heteroatoms. The Balaban J connectivity index is 2.84. The fourth-order valence-corrected chi connectivity index (χ4v) is 1.50. The topological polar surface area (TPSA) is 83.5 Å². The summed E-state index contributed by atoms with van der Waals surface area (Å²) < 4.78 is 10.2. The van der Waals surface area contributed by atoms with Crippen molar-refractivity contribution >= 4 is 16.9 Å². The van der Waals surface area contributed by atoms with Gasteiger partial charge in [0.25, 0.3) is 0 Å². The van der Waals surface area contributed by atoms with Gasteiger partial charge in [0.15, 0.2) is 11.3 Å². The number of carbonyl (C=O) groups is 1. The Bertz CT molecular complexity index is 606. The molecule has 0 aliphatic heterocycles. The number of methoxy groups -OCH3 is 1. The van der Waals surface area contributed by atoms with E-state index in [0.717, 1.165) is 0 Å². The van der Waals surface area contributed by atoms with Gasteiger partial charge in [-0.3, -0.25) is 0 Å². The van der Waals surface area contributed by atoms with Crippen molar-refractivity contribution < 1.29 is 19.1 Å². The monoisotopic (exact) mass is 217 g/mol. The molecule has 1 heterocycles. The maximum absolute atomic E-state index is 10.9. The highest BCUT2D eigenvalue weighted by atomic mass is 16.5. The van der Waals surface area contributed by atoms with Crippen molar-refractivity contribution in [3.8, 4) is 11.8 Å². The van der Waals surface area contributed by atoms with Crippen LogP contribution in [0.2, 0.25) is 0 Å². The maximum Gasteiger partial charge on any atom is 0.336 e. The Kier molecular flexibility index (Phi) is 2.25. The zero-order valence-electron chi connectivity index (χ0n) is 8.35. The van der Waals surface area contributed by atoms with Crippen molar-refractivity contribution in [2.45, 2.75) is 0 Å². The lowest BCUT2D eigenvalue weighted by molar-refractivity contribution is 0.0699. The van der Waals surface area contributed by atoms with Gasteiger partial charge in [0.2, 0.25) is 5.76 Å². The highest BCUT2D eigenvalue weighted by molar-refractivity contribution is 6.04. The van der Waals surface area contributed by atoms with Gasteiger partial charge in [0.05, 0.1) is 12.7 Å². The van der Waals surface area contributed by atoms with Crippen LogP contribution in [0.25, 0.3) is 11.0 Å². The molecule has 80 valence electrons. The third kappa shape index (κ3) is 1.37. The lowest BCUT2D eigenvalue weighted by Crippen LogP contribution is -1.97. The smallest absolute Gasteiger partial charge is 0.336 e. The van der Waals surface area contributed by atoms with E-state index in [0.29, 0.717) is 11.1 Å². The molecule has 0 spiro atoms. The van der Waals surface area contributed by atoms with Crippen LogP contribution < -0.4 is 4.74 Å². The van der Waals surface area contributed by atoms with E-state index in [4.69, 9.17) is 19.5 Å². The van der Waals surface area contributed by atoms with Crippen molar-refractivity contribution in [2.24, 2.45) is 0 Å². The highest BCUT2D eigenvalue weighted by Gasteiger charge is 2.16. The molecule has 0 bridgehead atoms. The summed E-state index contributed by atoms with van der Waals surface area (Å²) in [5.74, 6) is -0.610. The number of aromatic carboxylic acids is 1. The summed E-state index contributed by atoms with van der Waals surface area (Å²) in [5.41, 5.74) is 0.361. The Hall–Kier alpha value is -2.48. The van der Waals surface area contributed by atoms with Gasteiger partial charge in [-0.25, -0.2) is 4.79 Å². The fourth-order valence-electron chi connectivity index (χ4n) is 1.50. The van der Waals surface area contributed by atoms with Gasteiger partial charge in [0.1, 0.15) is 6.07 Å². The zero-order valence-corrected chi connectivity index (χ0v) is 8.35. The number of hydrogen-bond donors (Lipinski definition) is 1. The first kappa shape index (κ1) is 10.1. The Morgan fingerprint density at radius 1 is 1.56 bits per heavy atom. The van der Waals surface area contributed by atoms with E-state index in [9.17, 15) is 4.79 Å². The molecule has 0 saturated heterocycles. The van der Waals surface area contributed by atoms with Crippen LogP contribution in [0, 0.1) is 11.3 Å². The third-order valence-corrected chi connectivity index (χ3v) is 2.21. The van der Waals surface area contributed by atoms with E-state index in [2.05, 4.69) is 0 Å². The summed E-state index contributed by atoms with van der Waals surface area (Å²) in [7, 11) is 1.45. The lowest BCUT2D eigenvalue weighted by Gasteiger charge is -2.01. The molecule has 2 aromatic rings. The van der Waals surface area contributed by atoms with Crippen molar-refractivity contribution in [1.29, 1.82) is 5.26 Å². The van der Waals surface area contributed by atoms with Crippen molar-refractivity contribution in [3.63, 3.8) is 0 Å². The van der Waals surface area contributed by atoms with Gasteiger partial charge >= 0.3 is 5.97 Å². The molecule has 0 saturated carbocycles. The first-order valence-corrected chi connectivity index (χ1v) is 4.41. The molecule has 0 fully saturated rings. The predicted molar refractivity (Wildman–Crippen MR) is 54.4 cm³/mol. The number of fused-ring (bicyclic) bond motifs is 1. The van der Waals surface area contributed by atoms with Crippen LogP contribution in [0.15, 0.2) is 22.6 Å². The number of benzene rings is 1. The molecule has 0 unspecified atom stereocenters. The Labute approximate surface area is 90.5 Å². The van der Waals surface area contributed by atoms with Crippen molar-refractivity contribution in [2.75, 3.05) is 7.11 Å². The van der Waals surface area contributed by atoms with E-state index < -0.39 is 5.97 Å². The number of carboxylic acids is 1. The molecule has 0 amide bonds. The summed E-state index contributed by atoms with van der Waals surface area (Å²) in [5, 5.41) is 18.0. The van der Waals surface area contributed by atoms with Crippen LogP contribution >= 0.6 is 0 Å². The molecule has 1 aromatic carbocycles. The van der Waals surface area contributed by atoms with E-state index in [1.54, 1.807) is 0 Å². The summed E-state index contributed by atoms with van der Waals surface area (Å²) in [4.78, 5) is 10.9. The predicted octanol–water partition coefficient (Wildman–Crippen LogP) is 2.01. The van der Waals surface area contributed by atoms with E-state index in [-0.39, 0.29) is 16.9 Å². The van der Waals surface area contributed by atoms with Crippen LogP contribution in [0.4, 0.5) is 0 Å². The number of nitriles is 1. The maximum atomic E-state index is 10.9. The van der Waals surface area contributed by atoms with Crippen LogP contribution in [0.1, 0.15) is 16.1 Å². The average molecular weight is 217 g/mol. The second-order valence-electron chi connectivity index (χ2n) is 3.09. The molecule has 5 nitrogen and oxygen atoms in total. The van der Waals surface area contributed by atoms with Crippen LogP contribution in [-0.2, 0) is 0 Å². The van der Waals surface area contributed by atoms with E-state index >= 15 is 0 Å². The van der Waals surface area contributed by atoms with Crippen molar-refractivity contribution in [3.05, 3.63) is 29.5 Å². The standard InChI is InChI=1S/C11H7NO4/c1-15-9-3-2-7(11(13)14)8-4-6(5-12)16-10(8)9/h2-4H,1H3,(H,13,14). The molecule has 1 aromatic heterocycles. The molecule has 2 rings (SSSR count). The minimum atomic E-state index is -1.07. The average Bonchev–Trinajstić information content (AvgIpc) is 2.70. The number of nitrogens with zero attached hydrogens (tertiary/aromatic N) is 1. The number of ether oxygens (including phenoxy) is 1. The SMILES string of the molecule is COc1ccc(C(=O)O)c2cc(C#N)oc12. The fraction of sp³-hybridized carbons (Fsp3) is 0.0909. The minimum Gasteiger partial charge on any atom is -0.493 e. The molecule has 0 radical (unpaired) electrons. The lowest BCUT2D eigenvalue weighted by atomic mass is 10.1. The molecule has 16 heavy (non-hydrogen) atoms. The van der Waals surface area contributed by atoms with E-state index in [1.807, 2.05) is 6.07 Å². The summed E-state index contributed by atoms with van der Waals surface area (Å²) in [6, 6.07) is 6.12. The van der Waals surface area contributed by atoms with Crippen LogP contribution in [-0.4, -0.2) is 18.2 Å². The van der Waals surface area contributed by atoms with Crippen LogP contribution in [0.3, 0.4) is 0 Å². The molecule has 0 atom stereocenters. The third-order valence-electron chi connectivity index (χ3n) is 2.21. The number of carboxylic acid groups (broad SMARTS) is 1. The normalized spacial score (nSPS) is 10.0. The van der Waals surface area contributed by atoms with Gasteiger partial charge in [-0.1, -0.05) is 0 Å². The molecule has 1 N–H and O–H groups in total. The Morgan fingerprint density at radius 3 is 2.88 bits per heavy atom. The quantitative estimate of drug-likeness (QED) is 0.831. The van der Waals surface area contributed by atoms with Gasteiger partial charge in [0, 0.05) is 11.5 Å². The van der Waals surface area contributed by atoms with Crippen molar-refractivity contribution in [1.82, 2.24) is 0 Å². The first-order chi connectivity index (χ1) is 7.67. The van der Waals surface area contributed by atoms with Gasteiger partial charge in [-0.15, -0.1) is 0 Å². The van der Waals surface area contributed by atoms with Gasteiger partial charge in [-0.2, -0.15) is 5.26 Å². The largest absolute Gasteiger partial charge is 0.493 e. The number of rotatable bonds is 2. The second kappa shape index (κ2) is 3.59. The van der Waals surface area contributed by atoms with Gasteiger partial charge in [-0.05, 0) is 12.1 Å². The van der Waals surface area contributed by atoms with Gasteiger partial charge < -0.3 is 14.3 Å².